The molecule has 1 saturated heterocycles. The first kappa shape index (κ1) is 23.7. The van der Waals surface area contributed by atoms with Gasteiger partial charge in [-0.25, -0.2) is 4.98 Å². The number of nitrogens with zero attached hydrogens (tertiary/aromatic N) is 2. The summed E-state index contributed by atoms with van der Waals surface area (Å²) in [7, 11) is 0. The van der Waals surface area contributed by atoms with Crippen molar-refractivity contribution in [2.24, 2.45) is 0 Å². The number of ether oxygens (including phenoxy) is 1. The molecule has 1 amide bonds. The van der Waals surface area contributed by atoms with Crippen molar-refractivity contribution in [1.82, 2.24) is 20.2 Å². The number of H-pyrrole nitrogens is 1. The van der Waals surface area contributed by atoms with Crippen LogP contribution in [-0.2, 0) is 15.3 Å². The quantitative estimate of drug-likeness (QED) is 0.634. The zero-order valence-corrected chi connectivity index (χ0v) is 20.9. The fraction of sp³-hybridized carbons (Fsp3) is 0.696. The van der Waals surface area contributed by atoms with Crippen LogP contribution in [-0.4, -0.2) is 64.4 Å². The monoisotopic (exact) mass is 478 g/mol. The third kappa shape index (κ3) is 5.05. The Labute approximate surface area is 197 Å². The number of thioether (sulfide) groups is 1. The van der Waals surface area contributed by atoms with E-state index in [1.54, 1.807) is 11.3 Å². The second-order valence-corrected chi connectivity index (χ2v) is 11.6. The van der Waals surface area contributed by atoms with E-state index in [0.29, 0.717) is 23.5 Å². The van der Waals surface area contributed by atoms with Gasteiger partial charge in [0.2, 0.25) is 5.91 Å². The summed E-state index contributed by atoms with van der Waals surface area (Å²) in [4.78, 5) is 37.4. The number of hydrogen-bond donors (Lipinski definition) is 2. The Balaban J connectivity index is 1.35. The molecule has 0 radical (unpaired) electrons. The molecule has 1 saturated carbocycles. The number of amides is 1. The van der Waals surface area contributed by atoms with Gasteiger partial charge in [0, 0.05) is 30.1 Å². The van der Waals surface area contributed by atoms with Gasteiger partial charge < -0.3 is 15.0 Å². The van der Waals surface area contributed by atoms with Crippen molar-refractivity contribution < 1.29 is 9.53 Å². The van der Waals surface area contributed by atoms with Gasteiger partial charge in [-0.05, 0) is 39.2 Å². The van der Waals surface area contributed by atoms with E-state index in [4.69, 9.17) is 4.74 Å². The molecule has 0 bridgehead atoms. The number of rotatable bonds is 7. The van der Waals surface area contributed by atoms with Crippen LogP contribution in [0.3, 0.4) is 0 Å². The molecule has 2 N–H and O–H groups in total. The maximum absolute atomic E-state index is 12.9. The Hall–Kier alpha value is -1.42. The standard InChI is InChI=1S/C23H34N4O3S2/c1-15-16(2)32-22-19(15)21(29)25-18(26-22)13-31-17(3)20(28)24-14-23(7-5-4-6-8-23)27-9-11-30-12-10-27/h17H,4-14H2,1-3H3,(H,24,28)(H,25,26,29). The first-order valence-corrected chi connectivity index (χ1v) is 13.5. The molecule has 7 nitrogen and oxygen atoms in total. The second kappa shape index (κ2) is 10.2. The largest absolute Gasteiger partial charge is 0.379 e. The molecule has 176 valence electrons. The van der Waals surface area contributed by atoms with Gasteiger partial charge in [0.15, 0.2) is 0 Å². The van der Waals surface area contributed by atoms with Crippen LogP contribution in [0.4, 0.5) is 0 Å². The zero-order chi connectivity index (χ0) is 22.7. The minimum atomic E-state index is -0.215. The van der Waals surface area contributed by atoms with Crippen LogP contribution in [0.2, 0.25) is 0 Å². The van der Waals surface area contributed by atoms with Crippen molar-refractivity contribution in [2.45, 2.75) is 69.4 Å². The Morgan fingerprint density at radius 2 is 2.00 bits per heavy atom. The topological polar surface area (TPSA) is 87.3 Å². The first-order valence-electron chi connectivity index (χ1n) is 11.6. The van der Waals surface area contributed by atoms with Crippen LogP contribution in [0.1, 0.15) is 55.3 Å². The number of nitrogens with one attached hydrogen (secondary N) is 2. The first-order chi connectivity index (χ1) is 15.4. The molecule has 9 heteroatoms. The maximum atomic E-state index is 12.9. The van der Waals surface area contributed by atoms with E-state index in [2.05, 4.69) is 20.2 Å². The van der Waals surface area contributed by atoms with Gasteiger partial charge >= 0.3 is 0 Å². The summed E-state index contributed by atoms with van der Waals surface area (Å²) in [5.41, 5.74) is 0.978. The summed E-state index contributed by atoms with van der Waals surface area (Å²) < 4.78 is 5.55. The highest BCUT2D eigenvalue weighted by molar-refractivity contribution is 7.99. The highest BCUT2D eigenvalue weighted by Crippen LogP contribution is 2.34. The number of aryl methyl sites for hydroxylation is 2. The molecule has 4 rings (SSSR count). The average molecular weight is 479 g/mol. The van der Waals surface area contributed by atoms with E-state index < -0.39 is 0 Å². The number of morpholine rings is 1. The molecule has 1 atom stereocenters. The number of thiophene rings is 1. The van der Waals surface area contributed by atoms with E-state index in [9.17, 15) is 9.59 Å². The predicted molar refractivity (Wildman–Crippen MR) is 132 cm³/mol. The van der Waals surface area contributed by atoms with Crippen molar-refractivity contribution in [3.05, 3.63) is 26.6 Å². The Morgan fingerprint density at radius 3 is 2.72 bits per heavy atom. The predicted octanol–water partition coefficient (Wildman–Crippen LogP) is 3.37. The summed E-state index contributed by atoms with van der Waals surface area (Å²) in [6.07, 6.45) is 6.01. The smallest absolute Gasteiger partial charge is 0.259 e. The van der Waals surface area contributed by atoms with Crippen LogP contribution >= 0.6 is 23.1 Å². The fourth-order valence-electron chi connectivity index (χ4n) is 4.89. The summed E-state index contributed by atoms with van der Waals surface area (Å²) in [6, 6.07) is 0. The number of carbonyl (C=O) groups is 1. The molecule has 0 spiro atoms. The maximum Gasteiger partial charge on any atom is 0.259 e. The molecular weight excluding hydrogens is 444 g/mol. The Bertz CT molecular complexity index is 1010. The van der Waals surface area contributed by atoms with Crippen LogP contribution in [0.15, 0.2) is 4.79 Å². The molecule has 2 aromatic heterocycles. The highest BCUT2D eigenvalue weighted by atomic mass is 32.2. The number of carbonyl (C=O) groups excluding carboxylic acids is 1. The Kier molecular flexibility index (Phi) is 7.59. The van der Waals surface area contributed by atoms with Crippen molar-refractivity contribution >= 4 is 39.2 Å². The van der Waals surface area contributed by atoms with Gasteiger partial charge in [-0.3, -0.25) is 14.5 Å². The summed E-state index contributed by atoms with van der Waals surface area (Å²) in [5.74, 6) is 1.19. The molecule has 2 aliphatic rings. The number of aromatic nitrogens is 2. The van der Waals surface area contributed by atoms with Crippen LogP contribution in [0.5, 0.6) is 0 Å². The third-order valence-corrected chi connectivity index (χ3v) is 9.24. The normalized spacial score (nSPS) is 20.3. The lowest BCUT2D eigenvalue weighted by atomic mass is 9.79. The van der Waals surface area contributed by atoms with E-state index in [0.717, 1.165) is 54.4 Å². The fourth-order valence-corrected chi connectivity index (χ4v) is 6.72. The summed E-state index contributed by atoms with van der Waals surface area (Å²) >= 11 is 3.06. The molecule has 32 heavy (non-hydrogen) atoms. The Morgan fingerprint density at radius 1 is 1.28 bits per heavy atom. The number of aromatic amines is 1. The van der Waals surface area contributed by atoms with E-state index >= 15 is 0 Å². The summed E-state index contributed by atoms with van der Waals surface area (Å²) in [5, 5.41) is 3.72. The number of fused-ring (bicyclic) bond motifs is 1. The van der Waals surface area contributed by atoms with Gasteiger partial charge in [0.25, 0.3) is 5.56 Å². The van der Waals surface area contributed by atoms with Gasteiger partial charge in [-0.1, -0.05) is 19.3 Å². The SMILES string of the molecule is Cc1sc2nc(CSC(C)C(=O)NCC3(N4CCOCC4)CCCCC3)[nH]c(=O)c2c1C. The van der Waals surface area contributed by atoms with E-state index in [1.165, 1.54) is 31.0 Å². The van der Waals surface area contributed by atoms with Crippen LogP contribution < -0.4 is 10.9 Å². The minimum absolute atomic E-state index is 0.0550. The van der Waals surface area contributed by atoms with Gasteiger partial charge in [0.1, 0.15) is 10.7 Å². The molecule has 3 heterocycles. The molecule has 0 aromatic carbocycles. The minimum Gasteiger partial charge on any atom is -0.379 e. The van der Waals surface area contributed by atoms with Crippen LogP contribution in [0, 0.1) is 13.8 Å². The van der Waals surface area contributed by atoms with Gasteiger partial charge in [0.05, 0.1) is 29.6 Å². The lowest BCUT2D eigenvalue weighted by Gasteiger charge is -2.48. The molecule has 1 unspecified atom stereocenters. The second-order valence-electron chi connectivity index (χ2n) is 9.03. The average Bonchev–Trinajstić information content (AvgIpc) is 3.10. The van der Waals surface area contributed by atoms with Crippen molar-refractivity contribution in [1.29, 1.82) is 0 Å². The van der Waals surface area contributed by atoms with Gasteiger partial charge in [-0.15, -0.1) is 23.1 Å². The molecular formula is C23H34N4O3S2. The number of hydrogen-bond acceptors (Lipinski definition) is 7. The zero-order valence-electron chi connectivity index (χ0n) is 19.3. The van der Waals surface area contributed by atoms with E-state index in [1.807, 2.05) is 20.8 Å². The van der Waals surface area contributed by atoms with E-state index in [-0.39, 0.29) is 22.3 Å². The third-order valence-electron chi connectivity index (χ3n) is 6.99. The van der Waals surface area contributed by atoms with Crippen LogP contribution in [0.25, 0.3) is 10.2 Å². The van der Waals surface area contributed by atoms with Crippen molar-refractivity contribution in [2.75, 3.05) is 32.8 Å². The molecule has 1 aliphatic heterocycles. The molecule has 2 aromatic rings. The molecule has 2 fully saturated rings. The lowest BCUT2D eigenvalue weighted by Crippen LogP contribution is -2.60. The van der Waals surface area contributed by atoms with Crippen molar-refractivity contribution in [3.8, 4) is 0 Å². The summed E-state index contributed by atoms with van der Waals surface area (Å²) in [6.45, 7) is 10.1. The van der Waals surface area contributed by atoms with Gasteiger partial charge in [-0.2, -0.15) is 0 Å². The molecule has 1 aliphatic carbocycles. The van der Waals surface area contributed by atoms with Crippen molar-refractivity contribution in [3.63, 3.8) is 0 Å². The highest BCUT2D eigenvalue weighted by Gasteiger charge is 2.39. The lowest BCUT2D eigenvalue weighted by molar-refractivity contribution is -0.121.